The number of hydrogen-bond acceptors (Lipinski definition) is 5. The van der Waals surface area contributed by atoms with E-state index in [-0.39, 0.29) is 11.7 Å². The minimum atomic E-state index is -4.74. The smallest absolute Gasteiger partial charge is 0.406 e. The second-order valence-corrected chi connectivity index (χ2v) is 7.10. The molecule has 0 saturated carbocycles. The Morgan fingerprint density at radius 3 is 2.61 bits per heavy atom. The Morgan fingerprint density at radius 1 is 1.14 bits per heavy atom. The maximum Gasteiger partial charge on any atom is 0.573 e. The molecule has 0 fully saturated rings. The van der Waals surface area contributed by atoms with E-state index in [1.165, 1.54) is 24.3 Å². The molecule has 4 rings (SSSR count). The number of thiophene rings is 1. The second-order valence-electron chi connectivity index (χ2n) is 6.07. The summed E-state index contributed by atoms with van der Waals surface area (Å²) >= 11 is 1.54. The van der Waals surface area contributed by atoms with E-state index in [0.29, 0.717) is 23.5 Å². The highest BCUT2D eigenvalue weighted by atomic mass is 32.1. The van der Waals surface area contributed by atoms with Crippen molar-refractivity contribution in [1.29, 1.82) is 0 Å². The van der Waals surface area contributed by atoms with Crippen LogP contribution >= 0.6 is 11.3 Å². The Kier molecular flexibility index (Phi) is 4.68. The number of amides is 1. The molecule has 2 aromatic heterocycles. The summed E-state index contributed by atoms with van der Waals surface area (Å²) in [7, 11) is 0. The number of fused-ring (bicyclic) bond motifs is 1. The summed E-state index contributed by atoms with van der Waals surface area (Å²) in [5, 5.41) is 5.12. The number of nitrogens with zero attached hydrogens (tertiary/aromatic N) is 2. The molecule has 0 aliphatic carbocycles. The molecule has 0 radical (unpaired) electrons. The highest BCUT2D eigenvalue weighted by Crippen LogP contribution is 2.35. The van der Waals surface area contributed by atoms with Gasteiger partial charge in [0.25, 0.3) is 5.91 Å². The Hall–Kier alpha value is -3.07. The van der Waals surface area contributed by atoms with Gasteiger partial charge in [0, 0.05) is 16.8 Å². The first-order valence-electron chi connectivity index (χ1n) is 8.31. The molecule has 1 amide bonds. The molecule has 0 saturated heterocycles. The number of benzene rings is 1. The molecule has 1 aromatic carbocycles. The maximum atomic E-state index is 12.8. The van der Waals surface area contributed by atoms with Gasteiger partial charge in [0.05, 0.1) is 17.8 Å². The zero-order valence-corrected chi connectivity index (χ0v) is 15.1. The minimum absolute atomic E-state index is 0.147. The summed E-state index contributed by atoms with van der Waals surface area (Å²) in [6.45, 7) is 0.403. The van der Waals surface area contributed by atoms with Crippen molar-refractivity contribution in [1.82, 2.24) is 9.88 Å². The topological polar surface area (TPSA) is 54.5 Å². The molecule has 1 N–H and O–H groups in total. The predicted octanol–water partition coefficient (Wildman–Crippen LogP) is 4.81. The van der Waals surface area contributed by atoms with E-state index in [2.05, 4.69) is 15.0 Å². The summed E-state index contributed by atoms with van der Waals surface area (Å²) < 4.78 is 40.8. The molecule has 3 aromatic rings. The van der Waals surface area contributed by atoms with Crippen LogP contribution in [-0.4, -0.2) is 22.2 Å². The van der Waals surface area contributed by atoms with Gasteiger partial charge in [0.2, 0.25) is 0 Å². The van der Waals surface area contributed by atoms with Crippen LogP contribution < -0.4 is 10.1 Å². The van der Waals surface area contributed by atoms with Crippen molar-refractivity contribution < 1.29 is 22.7 Å². The van der Waals surface area contributed by atoms with Crippen molar-refractivity contribution in [3.63, 3.8) is 0 Å². The van der Waals surface area contributed by atoms with Gasteiger partial charge in [0.15, 0.2) is 0 Å². The molecule has 1 atom stereocenters. The predicted molar refractivity (Wildman–Crippen MR) is 97.9 cm³/mol. The fourth-order valence-corrected chi connectivity index (χ4v) is 3.73. The number of halogens is 3. The SMILES string of the molecule is O=C1c2cccnc2[C@@H](Nc2ccc(OC(F)(F)F)cc2)N1Cc1cccs1. The second kappa shape index (κ2) is 7.16. The third-order valence-electron chi connectivity index (χ3n) is 4.20. The maximum absolute atomic E-state index is 12.8. The van der Waals surface area contributed by atoms with Crippen LogP contribution in [0.1, 0.15) is 27.1 Å². The van der Waals surface area contributed by atoms with Gasteiger partial charge in [-0.1, -0.05) is 6.07 Å². The Morgan fingerprint density at radius 2 is 1.93 bits per heavy atom. The molecule has 1 aliphatic rings. The number of pyridine rings is 1. The summed E-state index contributed by atoms with van der Waals surface area (Å²) in [6, 6.07) is 12.6. The number of alkyl halides is 3. The number of anilines is 1. The van der Waals surface area contributed by atoms with E-state index in [9.17, 15) is 18.0 Å². The molecule has 28 heavy (non-hydrogen) atoms. The molecule has 0 bridgehead atoms. The van der Waals surface area contributed by atoms with Gasteiger partial charge in [-0.25, -0.2) is 0 Å². The van der Waals surface area contributed by atoms with Gasteiger partial charge in [-0.2, -0.15) is 0 Å². The monoisotopic (exact) mass is 405 g/mol. The van der Waals surface area contributed by atoms with Gasteiger partial charge in [-0.15, -0.1) is 24.5 Å². The number of aromatic nitrogens is 1. The average Bonchev–Trinajstić information content (AvgIpc) is 3.25. The fourth-order valence-electron chi connectivity index (χ4n) is 3.03. The minimum Gasteiger partial charge on any atom is -0.406 e. The summed E-state index contributed by atoms with van der Waals surface area (Å²) in [5.74, 6) is -0.458. The zero-order valence-electron chi connectivity index (χ0n) is 14.3. The van der Waals surface area contributed by atoms with Crippen LogP contribution in [0.5, 0.6) is 5.75 Å². The zero-order chi connectivity index (χ0) is 19.7. The van der Waals surface area contributed by atoms with Crippen LogP contribution in [0.25, 0.3) is 0 Å². The number of rotatable bonds is 5. The quantitative estimate of drug-likeness (QED) is 0.662. The van der Waals surface area contributed by atoms with Crippen LogP contribution in [0, 0.1) is 0 Å². The number of carbonyl (C=O) groups is 1. The van der Waals surface area contributed by atoms with Crippen molar-refractivity contribution in [2.45, 2.75) is 19.1 Å². The van der Waals surface area contributed by atoms with E-state index in [1.54, 1.807) is 34.6 Å². The molecule has 3 heterocycles. The number of hydrogen-bond donors (Lipinski definition) is 1. The molecule has 5 nitrogen and oxygen atoms in total. The van der Waals surface area contributed by atoms with Crippen LogP contribution in [0.4, 0.5) is 18.9 Å². The van der Waals surface area contributed by atoms with Crippen molar-refractivity contribution in [3.8, 4) is 5.75 Å². The van der Waals surface area contributed by atoms with E-state index >= 15 is 0 Å². The number of ether oxygens (including phenoxy) is 1. The molecule has 0 unspecified atom stereocenters. The number of carbonyl (C=O) groups excluding carboxylic acids is 1. The first kappa shape index (κ1) is 18.3. The van der Waals surface area contributed by atoms with Gasteiger partial charge in [0.1, 0.15) is 11.9 Å². The van der Waals surface area contributed by atoms with Crippen molar-refractivity contribution in [3.05, 3.63) is 76.2 Å². The molecule has 1 aliphatic heterocycles. The van der Waals surface area contributed by atoms with Gasteiger partial charge in [-0.05, 0) is 47.8 Å². The first-order chi connectivity index (χ1) is 13.4. The van der Waals surface area contributed by atoms with Crippen LogP contribution in [-0.2, 0) is 6.54 Å². The number of nitrogens with one attached hydrogen (secondary N) is 1. The lowest BCUT2D eigenvalue weighted by Gasteiger charge is -2.26. The lowest BCUT2D eigenvalue weighted by Crippen LogP contribution is -2.31. The van der Waals surface area contributed by atoms with E-state index in [0.717, 1.165) is 4.88 Å². The van der Waals surface area contributed by atoms with Crippen LogP contribution in [0.3, 0.4) is 0 Å². The van der Waals surface area contributed by atoms with E-state index < -0.39 is 12.5 Å². The molecule has 144 valence electrons. The van der Waals surface area contributed by atoms with E-state index in [1.807, 2.05) is 17.5 Å². The van der Waals surface area contributed by atoms with Crippen LogP contribution in [0.15, 0.2) is 60.1 Å². The van der Waals surface area contributed by atoms with E-state index in [4.69, 9.17) is 0 Å². The summed E-state index contributed by atoms with van der Waals surface area (Å²) in [4.78, 5) is 19.8. The molecule has 0 spiro atoms. The summed E-state index contributed by atoms with van der Waals surface area (Å²) in [5.41, 5.74) is 1.63. The van der Waals surface area contributed by atoms with Gasteiger partial charge in [-0.3, -0.25) is 9.78 Å². The third-order valence-corrected chi connectivity index (χ3v) is 5.06. The lowest BCUT2D eigenvalue weighted by atomic mass is 10.2. The molecular formula is C19H14F3N3O2S. The standard InChI is InChI=1S/C19H14F3N3O2S/c20-19(21,22)27-13-7-5-12(6-8-13)24-17-16-15(4-1-9-23-16)18(26)25(17)11-14-3-2-10-28-14/h1-10,17,24H,11H2/t17-/m0/s1. The van der Waals surface area contributed by atoms with Crippen molar-refractivity contribution >= 4 is 22.9 Å². The normalized spacial score (nSPS) is 16.2. The Balaban J connectivity index is 1.59. The van der Waals surface area contributed by atoms with Gasteiger partial charge < -0.3 is 15.0 Å². The van der Waals surface area contributed by atoms with Gasteiger partial charge >= 0.3 is 6.36 Å². The highest BCUT2D eigenvalue weighted by molar-refractivity contribution is 7.09. The molecular weight excluding hydrogens is 391 g/mol. The first-order valence-corrected chi connectivity index (χ1v) is 9.19. The van der Waals surface area contributed by atoms with Crippen molar-refractivity contribution in [2.24, 2.45) is 0 Å². The largest absolute Gasteiger partial charge is 0.573 e. The fraction of sp³-hybridized carbons (Fsp3) is 0.158. The average molecular weight is 405 g/mol. The highest BCUT2D eigenvalue weighted by Gasteiger charge is 2.38. The Bertz CT molecular complexity index is 975. The molecule has 9 heteroatoms. The Labute approximate surface area is 162 Å². The van der Waals surface area contributed by atoms with Crippen molar-refractivity contribution in [2.75, 3.05) is 5.32 Å². The summed E-state index contributed by atoms with van der Waals surface area (Å²) in [6.07, 6.45) is -3.66. The third kappa shape index (κ3) is 3.79. The van der Waals surface area contributed by atoms with Crippen LogP contribution in [0.2, 0.25) is 0 Å². The lowest BCUT2D eigenvalue weighted by molar-refractivity contribution is -0.274.